The van der Waals surface area contributed by atoms with Gasteiger partial charge in [0.25, 0.3) is 0 Å². The smallest absolute Gasteiger partial charge is 0.228 e. The van der Waals surface area contributed by atoms with Crippen LogP contribution in [0.15, 0.2) is 66.9 Å². The largest absolute Gasteiger partial charge is 0.340 e. The molecular weight excluding hydrogens is 324 g/mol. The second kappa shape index (κ2) is 7.53. The molecule has 0 aliphatic carbocycles. The summed E-state index contributed by atoms with van der Waals surface area (Å²) in [7, 11) is 0. The summed E-state index contributed by atoms with van der Waals surface area (Å²) in [5.41, 5.74) is 1.99. The molecule has 3 aromatic rings. The lowest BCUT2D eigenvalue weighted by Crippen LogP contribution is -2.14. The SMILES string of the molecule is O=C(Cc1ccc(F)cc1)Nc1ccc(Nc2ccc(F)cc2)nc1. The van der Waals surface area contributed by atoms with E-state index in [0.717, 1.165) is 5.56 Å². The second-order valence-electron chi connectivity index (χ2n) is 5.42. The van der Waals surface area contributed by atoms with Gasteiger partial charge in [-0.1, -0.05) is 12.1 Å². The number of rotatable bonds is 5. The van der Waals surface area contributed by atoms with E-state index < -0.39 is 0 Å². The molecule has 3 rings (SSSR count). The molecule has 0 spiro atoms. The van der Waals surface area contributed by atoms with Gasteiger partial charge in [0.1, 0.15) is 17.5 Å². The maximum atomic E-state index is 12.9. The van der Waals surface area contributed by atoms with E-state index >= 15 is 0 Å². The first kappa shape index (κ1) is 16.6. The highest BCUT2D eigenvalue weighted by atomic mass is 19.1. The molecule has 0 atom stereocenters. The summed E-state index contributed by atoms with van der Waals surface area (Å²) < 4.78 is 25.7. The fourth-order valence-electron chi connectivity index (χ4n) is 2.22. The third kappa shape index (κ3) is 4.84. The minimum absolute atomic E-state index is 0.149. The molecule has 0 aliphatic heterocycles. The average molecular weight is 339 g/mol. The first-order valence-corrected chi connectivity index (χ1v) is 7.61. The molecule has 2 aromatic carbocycles. The zero-order chi connectivity index (χ0) is 17.6. The Bertz CT molecular complexity index is 847. The fourth-order valence-corrected chi connectivity index (χ4v) is 2.22. The minimum atomic E-state index is -0.336. The van der Waals surface area contributed by atoms with Crippen molar-refractivity contribution in [3.05, 3.63) is 84.1 Å². The fraction of sp³-hybridized carbons (Fsp3) is 0.0526. The lowest BCUT2D eigenvalue weighted by molar-refractivity contribution is -0.115. The van der Waals surface area contributed by atoms with Crippen LogP contribution in [0.3, 0.4) is 0 Å². The Balaban J connectivity index is 1.57. The Morgan fingerprint density at radius 1 is 0.840 bits per heavy atom. The molecule has 0 radical (unpaired) electrons. The first-order valence-electron chi connectivity index (χ1n) is 7.61. The zero-order valence-electron chi connectivity index (χ0n) is 13.2. The van der Waals surface area contributed by atoms with Crippen LogP contribution in [0, 0.1) is 11.6 Å². The third-order valence-corrected chi connectivity index (χ3v) is 3.44. The molecule has 0 bridgehead atoms. The standard InChI is InChI=1S/C19H15F2N3O/c20-14-3-1-13(2-4-14)11-19(25)24-17-9-10-18(22-12-17)23-16-7-5-15(21)6-8-16/h1-10,12H,11H2,(H,22,23)(H,24,25). The molecule has 1 aromatic heterocycles. The molecule has 0 saturated heterocycles. The van der Waals surface area contributed by atoms with Crippen LogP contribution in [0.4, 0.5) is 26.0 Å². The highest BCUT2D eigenvalue weighted by molar-refractivity contribution is 5.92. The maximum Gasteiger partial charge on any atom is 0.228 e. The summed E-state index contributed by atoms with van der Waals surface area (Å²) in [4.78, 5) is 16.2. The number of anilines is 3. The van der Waals surface area contributed by atoms with Crippen LogP contribution in [-0.2, 0) is 11.2 Å². The number of pyridine rings is 1. The van der Waals surface area contributed by atoms with Crippen LogP contribution < -0.4 is 10.6 Å². The van der Waals surface area contributed by atoms with Crippen molar-refractivity contribution in [1.29, 1.82) is 0 Å². The molecule has 0 fully saturated rings. The highest BCUT2D eigenvalue weighted by Gasteiger charge is 2.05. The number of hydrogen-bond donors (Lipinski definition) is 2. The van der Waals surface area contributed by atoms with Crippen molar-refractivity contribution >= 4 is 23.1 Å². The molecule has 0 aliphatic rings. The number of nitrogens with one attached hydrogen (secondary N) is 2. The summed E-state index contributed by atoms with van der Waals surface area (Å²) in [6, 6.07) is 15.1. The van der Waals surface area contributed by atoms with Gasteiger partial charge in [0.05, 0.1) is 18.3 Å². The number of carbonyl (C=O) groups excluding carboxylic acids is 1. The second-order valence-corrected chi connectivity index (χ2v) is 5.42. The lowest BCUT2D eigenvalue weighted by atomic mass is 10.1. The molecule has 1 heterocycles. The predicted octanol–water partition coefficient (Wildman–Crippen LogP) is 4.28. The van der Waals surface area contributed by atoms with Crippen molar-refractivity contribution in [3.63, 3.8) is 0 Å². The van der Waals surface area contributed by atoms with Gasteiger partial charge in [-0.15, -0.1) is 0 Å². The van der Waals surface area contributed by atoms with Crippen LogP contribution in [0.2, 0.25) is 0 Å². The molecule has 6 heteroatoms. The number of hydrogen-bond acceptors (Lipinski definition) is 3. The topological polar surface area (TPSA) is 54.0 Å². The number of halogens is 2. The van der Waals surface area contributed by atoms with Gasteiger partial charge >= 0.3 is 0 Å². The quantitative estimate of drug-likeness (QED) is 0.729. The van der Waals surface area contributed by atoms with E-state index in [4.69, 9.17) is 0 Å². The van der Waals surface area contributed by atoms with Crippen molar-refractivity contribution in [2.75, 3.05) is 10.6 Å². The zero-order valence-corrected chi connectivity index (χ0v) is 13.2. The van der Waals surface area contributed by atoms with Gasteiger partial charge in [-0.2, -0.15) is 0 Å². The van der Waals surface area contributed by atoms with Crippen molar-refractivity contribution in [1.82, 2.24) is 4.98 Å². The summed E-state index contributed by atoms with van der Waals surface area (Å²) >= 11 is 0. The molecule has 4 nitrogen and oxygen atoms in total. The van der Waals surface area contributed by atoms with Crippen LogP contribution >= 0.6 is 0 Å². The molecule has 1 amide bonds. The van der Waals surface area contributed by atoms with Crippen LogP contribution in [0.25, 0.3) is 0 Å². The molecule has 2 N–H and O–H groups in total. The predicted molar refractivity (Wildman–Crippen MR) is 92.7 cm³/mol. The van der Waals surface area contributed by atoms with Crippen LogP contribution in [0.1, 0.15) is 5.56 Å². The van der Waals surface area contributed by atoms with Gasteiger partial charge in [0.15, 0.2) is 0 Å². The first-order chi connectivity index (χ1) is 12.1. The number of amides is 1. The van der Waals surface area contributed by atoms with Crippen LogP contribution in [0.5, 0.6) is 0 Å². The third-order valence-electron chi connectivity index (χ3n) is 3.44. The number of benzene rings is 2. The number of carbonyl (C=O) groups is 1. The molecule has 25 heavy (non-hydrogen) atoms. The van der Waals surface area contributed by atoms with Crippen molar-refractivity contribution < 1.29 is 13.6 Å². The van der Waals surface area contributed by atoms with E-state index in [1.807, 2.05) is 0 Å². The van der Waals surface area contributed by atoms with Crippen molar-refractivity contribution in [2.45, 2.75) is 6.42 Å². The number of nitrogens with zero attached hydrogens (tertiary/aromatic N) is 1. The Morgan fingerprint density at radius 2 is 1.44 bits per heavy atom. The number of aromatic nitrogens is 1. The van der Waals surface area contributed by atoms with Gasteiger partial charge in [0.2, 0.25) is 5.91 Å². The van der Waals surface area contributed by atoms with E-state index in [0.29, 0.717) is 17.2 Å². The van der Waals surface area contributed by atoms with Crippen LogP contribution in [-0.4, -0.2) is 10.9 Å². The van der Waals surface area contributed by atoms with E-state index in [1.165, 1.54) is 30.5 Å². The lowest BCUT2D eigenvalue weighted by Gasteiger charge is -2.08. The minimum Gasteiger partial charge on any atom is -0.340 e. The van der Waals surface area contributed by atoms with Gasteiger partial charge in [-0.05, 0) is 54.1 Å². The van der Waals surface area contributed by atoms with E-state index in [2.05, 4.69) is 15.6 Å². The molecular formula is C19H15F2N3O. The highest BCUT2D eigenvalue weighted by Crippen LogP contribution is 2.16. The molecule has 0 unspecified atom stereocenters. The van der Waals surface area contributed by atoms with E-state index in [9.17, 15) is 13.6 Å². The van der Waals surface area contributed by atoms with Crippen molar-refractivity contribution in [2.24, 2.45) is 0 Å². The molecule has 0 saturated carbocycles. The maximum absolute atomic E-state index is 12.9. The summed E-state index contributed by atoms with van der Waals surface area (Å²) in [6.45, 7) is 0. The Labute approximate surface area is 143 Å². The van der Waals surface area contributed by atoms with E-state index in [-0.39, 0.29) is 24.0 Å². The van der Waals surface area contributed by atoms with Gasteiger partial charge in [0, 0.05) is 5.69 Å². The molecule has 126 valence electrons. The summed E-state index contributed by atoms with van der Waals surface area (Å²) in [5, 5.41) is 5.76. The van der Waals surface area contributed by atoms with E-state index in [1.54, 1.807) is 36.4 Å². The normalized spacial score (nSPS) is 10.3. The monoisotopic (exact) mass is 339 g/mol. The Kier molecular flexibility index (Phi) is 4.99. The van der Waals surface area contributed by atoms with Crippen molar-refractivity contribution in [3.8, 4) is 0 Å². The summed E-state index contributed by atoms with van der Waals surface area (Å²) in [6.07, 6.45) is 1.67. The average Bonchev–Trinajstić information content (AvgIpc) is 2.61. The Morgan fingerprint density at radius 3 is 2.04 bits per heavy atom. The van der Waals surface area contributed by atoms with Gasteiger partial charge in [-0.3, -0.25) is 4.79 Å². The van der Waals surface area contributed by atoms with Gasteiger partial charge < -0.3 is 10.6 Å². The van der Waals surface area contributed by atoms with Gasteiger partial charge in [-0.25, -0.2) is 13.8 Å². The Hall–Kier alpha value is -3.28. The summed E-state index contributed by atoms with van der Waals surface area (Å²) in [5.74, 6) is -0.286.